The highest BCUT2D eigenvalue weighted by molar-refractivity contribution is 5.60. The highest BCUT2D eigenvalue weighted by Crippen LogP contribution is 2.16. The fourth-order valence-corrected chi connectivity index (χ4v) is 3.33. The predicted molar refractivity (Wildman–Crippen MR) is 114 cm³/mol. The summed E-state index contributed by atoms with van der Waals surface area (Å²) in [7, 11) is 0. The van der Waals surface area contributed by atoms with Crippen molar-refractivity contribution in [2.45, 2.75) is 78.4 Å². The molecule has 0 N–H and O–H groups in total. The van der Waals surface area contributed by atoms with Gasteiger partial charge in [-0.2, -0.15) is 0 Å². The number of carbonyl (C=O) groups excluding carboxylic acids is 1. The van der Waals surface area contributed by atoms with Crippen LogP contribution in [0.3, 0.4) is 0 Å². The monoisotopic (exact) mass is 382 g/mol. The Labute approximate surface area is 170 Å². The lowest BCUT2D eigenvalue weighted by molar-refractivity contribution is 0.0443. The minimum absolute atomic E-state index is 0.263. The maximum Gasteiger partial charge on any atom is 0.508 e. The van der Waals surface area contributed by atoms with E-state index in [4.69, 9.17) is 9.47 Å². The Balaban J connectivity index is 1.82. The van der Waals surface area contributed by atoms with Crippen LogP contribution in [0.15, 0.2) is 48.5 Å². The van der Waals surface area contributed by atoms with E-state index in [1.165, 1.54) is 36.8 Å². The Morgan fingerprint density at radius 2 is 1.04 bits per heavy atom. The molecule has 0 radical (unpaired) electrons. The summed E-state index contributed by atoms with van der Waals surface area (Å²) in [5, 5.41) is 0. The molecule has 152 valence electrons. The van der Waals surface area contributed by atoms with Gasteiger partial charge in [-0.05, 0) is 47.9 Å². The van der Waals surface area contributed by atoms with Gasteiger partial charge in [0.1, 0.15) is 13.2 Å². The van der Waals surface area contributed by atoms with Gasteiger partial charge in [-0.15, -0.1) is 0 Å². The first-order valence-corrected chi connectivity index (χ1v) is 10.7. The van der Waals surface area contributed by atoms with E-state index >= 15 is 0 Å². The third kappa shape index (κ3) is 7.75. The first-order chi connectivity index (χ1) is 13.7. The molecule has 0 aromatic heterocycles. The van der Waals surface area contributed by atoms with Crippen LogP contribution in [-0.4, -0.2) is 6.16 Å². The molecule has 0 aliphatic heterocycles. The van der Waals surface area contributed by atoms with Gasteiger partial charge in [0.2, 0.25) is 0 Å². The third-order valence-corrected chi connectivity index (χ3v) is 5.03. The molecule has 0 bridgehead atoms. The number of hydrogen-bond donors (Lipinski definition) is 0. The molecule has 0 atom stereocenters. The van der Waals surface area contributed by atoms with Gasteiger partial charge in [0, 0.05) is 0 Å². The van der Waals surface area contributed by atoms with E-state index in [0.29, 0.717) is 0 Å². The Kier molecular flexibility index (Phi) is 10.2. The average molecular weight is 383 g/mol. The second-order valence-electron chi connectivity index (χ2n) is 7.28. The maximum absolute atomic E-state index is 12.1. The van der Waals surface area contributed by atoms with Crippen LogP contribution in [0.2, 0.25) is 0 Å². The zero-order chi connectivity index (χ0) is 20.0. The molecule has 0 spiro atoms. The molecular formula is C25H34O3. The number of ether oxygens (including phenoxy) is 2. The quantitative estimate of drug-likeness (QED) is 0.293. The maximum atomic E-state index is 12.1. The number of unbranched alkanes of at least 4 members (excludes halogenated alkanes) is 4. The van der Waals surface area contributed by atoms with E-state index < -0.39 is 6.16 Å². The smallest absolute Gasteiger partial charge is 0.429 e. The summed E-state index contributed by atoms with van der Waals surface area (Å²) in [6.07, 6.45) is 8.59. The standard InChI is InChI=1S/C25H34O3/c1-3-5-7-13-21-15-9-11-17-23(21)19-27-25(26)28-20-24-18-12-10-16-22(24)14-8-6-4-2/h9-12,15-18H,3-8,13-14,19-20H2,1-2H3. The fraction of sp³-hybridized carbons (Fsp3) is 0.480. The van der Waals surface area contributed by atoms with Crippen LogP contribution in [0.5, 0.6) is 0 Å². The molecule has 3 nitrogen and oxygen atoms in total. The van der Waals surface area contributed by atoms with E-state index in [0.717, 1.165) is 36.8 Å². The van der Waals surface area contributed by atoms with Gasteiger partial charge in [0.25, 0.3) is 0 Å². The highest BCUT2D eigenvalue weighted by Gasteiger charge is 2.09. The van der Waals surface area contributed by atoms with Gasteiger partial charge in [-0.1, -0.05) is 88.1 Å². The van der Waals surface area contributed by atoms with Crippen molar-refractivity contribution in [3.8, 4) is 0 Å². The number of carbonyl (C=O) groups is 1. The van der Waals surface area contributed by atoms with Gasteiger partial charge < -0.3 is 9.47 Å². The molecular weight excluding hydrogens is 348 g/mol. The van der Waals surface area contributed by atoms with Crippen molar-refractivity contribution in [3.63, 3.8) is 0 Å². The zero-order valence-corrected chi connectivity index (χ0v) is 17.4. The number of rotatable bonds is 12. The summed E-state index contributed by atoms with van der Waals surface area (Å²) < 4.78 is 10.7. The van der Waals surface area contributed by atoms with Crippen LogP contribution in [0, 0.1) is 0 Å². The Morgan fingerprint density at radius 1 is 0.643 bits per heavy atom. The van der Waals surface area contributed by atoms with Crippen molar-refractivity contribution in [3.05, 3.63) is 70.8 Å². The summed E-state index contributed by atoms with van der Waals surface area (Å²) >= 11 is 0. The van der Waals surface area contributed by atoms with Gasteiger partial charge in [-0.3, -0.25) is 0 Å². The van der Waals surface area contributed by atoms with Gasteiger partial charge in [0.15, 0.2) is 0 Å². The van der Waals surface area contributed by atoms with E-state index in [2.05, 4.69) is 26.0 Å². The van der Waals surface area contributed by atoms with Crippen molar-refractivity contribution in [1.29, 1.82) is 0 Å². The lowest BCUT2D eigenvalue weighted by atomic mass is 10.0. The third-order valence-electron chi connectivity index (χ3n) is 5.03. The minimum atomic E-state index is -0.605. The molecule has 0 aliphatic carbocycles. The Morgan fingerprint density at radius 3 is 1.43 bits per heavy atom. The molecule has 0 amide bonds. The van der Waals surface area contributed by atoms with E-state index in [1.54, 1.807) is 0 Å². The van der Waals surface area contributed by atoms with Crippen molar-refractivity contribution >= 4 is 6.16 Å². The first kappa shape index (κ1) is 22.0. The van der Waals surface area contributed by atoms with Crippen LogP contribution in [-0.2, 0) is 35.5 Å². The molecule has 2 rings (SSSR count). The van der Waals surface area contributed by atoms with E-state index in [1.807, 2.05) is 36.4 Å². The van der Waals surface area contributed by atoms with Gasteiger partial charge >= 0.3 is 6.16 Å². The summed E-state index contributed by atoms with van der Waals surface area (Å²) in [4.78, 5) is 12.1. The second-order valence-corrected chi connectivity index (χ2v) is 7.28. The van der Waals surface area contributed by atoms with E-state index in [9.17, 15) is 4.79 Å². The second kappa shape index (κ2) is 13.0. The SMILES string of the molecule is CCCCCc1ccccc1COC(=O)OCc1ccccc1CCCCC. The lowest BCUT2D eigenvalue weighted by Gasteiger charge is -2.12. The minimum Gasteiger partial charge on any atom is -0.429 e. The van der Waals surface area contributed by atoms with Crippen molar-refractivity contribution in [2.75, 3.05) is 0 Å². The van der Waals surface area contributed by atoms with Crippen LogP contribution in [0.1, 0.15) is 74.6 Å². The van der Waals surface area contributed by atoms with Crippen molar-refractivity contribution in [2.24, 2.45) is 0 Å². The summed E-state index contributed by atoms with van der Waals surface area (Å²) in [6.45, 7) is 4.93. The van der Waals surface area contributed by atoms with Crippen LogP contribution in [0.25, 0.3) is 0 Å². The predicted octanol–water partition coefficient (Wildman–Crippen LogP) is 7.01. The Bertz CT molecular complexity index is 649. The molecule has 0 saturated carbocycles. The van der Waals surface area contributed by atoms with Crippen molar-refractivity contribution in [1.82, 2.24) is 0 Å². The van der Waals surface area contributed by atoms with Gasteiger partial charge in [0.05, 0.1) is 0 Å². The first-order valence-electron chi connectivity index (χ1n) is 10.7. The van der Waals surface area contributed by atoms with Crippen molar-refractivity contribution < 1.29 is 14.3 Å². The molecule has 3 heteroatoms. The molecule has 0 saturated heterocycles. The molecule has 0 heterocycles. The summed E-state index contributed by atoms with van der Waals surface area (Å²) in [6, 6.07) is 16.3. The normalized spacial score (nSPS) is 10.6. The van der Waals surface area contributed by atoms with Crippen LogP contribution < -0.4 is 0 Å². The van der Waals surface area contributed by atoms with Crippen LogP contribution >= 0.6 is 0 Å². The highest BCUT2D eigenvalue weighted by atomic mass is 16.7. The average Bonchev–Trinajstić information content (AvgIpc) is 2.72. The molecule has 0 aliphatic rings. The largest absolute Gasteiger partial charge is 0.508 e. The fourth-order valence-electron chi connectivity index (χ4n) is 3.33. The van der Waals surface area contributed by atoms with Gasteiger partial charge in [-0.25, -0.2) is 4.79 Å². The molecule has 0 fully saturated rings. The number of benzene rings is 2. The summed E-state index contributed by atoms with van der Waals surface area (Å²) in [5.41, 5.74) is 4.64. The lowest BCUT2D eigenvalue weighted by Crippen LogP contribution is -2.09. The topological polar surface area (TPSA) is 35.5 Å². The van der Waals surface area contributed by atoms with E-state index in [-0.39, 0.29) is 13.2 Å². The molecule has 0 unspecified atom stereocenters. The number of hydrogen-bond acceptors (Lipinski definition) is 3. The number of aryl methyl sites for hydroxylation is 2. The summed E-state index contributed by atoms with van der Waals surface area (Å²) in [5.74, 6) is 0. The van der Waals surface area contributed by atoms with Crippen LogP contribution in [0.4, 0.5) is 4.79 Å². The molecule has 28 heavy (non-hydrogen) atoms. The molecule has 2 aromatic carbocycles. The Hall–Kier alpha value is -2.29. The zero-order valence-electron chi connectivity index (χ0n) is 17.4. The molecule has 2 aromatic rings.